The summed E-state index contributed by atoms with van der Waals surface area (Å²) >= 11 is 0. The Kier molecular flexibility index (Phi) is 4.55. The molecular weight excluding hydrogens is 132 g/mol. The largest absolute Gasteiger partial charge is 0.395 e. The van der Waals surface area contributed by atoms with E-state index in [9.17, 15) is 0 Å². The molecule has 0 aromatic carbocycles. The van der Waals surface area contributed by atoms with E-state index >= 15 is 0 Å². The standard InChI is InChI=1S/C6H16N2O2/c1-4(7)6(10)2-5(8)3-9/h4-6,9-10H,2-3,7-8H2,1H3. The highest BCUT2D eigenvalue weighted by Gasteiger charge is 2.12. The normalized spacial score (nSPS) is 20.1. The molecule has 6 N–H and O–H groups in total. The van der Waals surface area contributed by atoms with E-state index in [1.54, 1.807) is 6.92 Å². The second kappa shape index (κ2) is 4.62. The molecular formula is C6H16N2O2. The van der Waals surface area contributed by atoms with Crippen LogP contribution in [0.15, 0.2) is 0 Å². The molecule has 0 aliphatic carbocycles. The van der Waals surface area contributed by atoms with Gasteiger partial charge in [-0.3, -0.25) is 0 Å². The lowest BCUT2D eigenvalue weighted by molar-refractivity contribution is 0.120. The van der Waals surface area contributed by atoms with Gasteiger partial charge in [0.2, 0.25) is 0 Å². The highest BCUT2D eigenvalue weighted by Crippen LogP contribution is 1.98. The zero-order chi connectivity index (χ0) is 8.15. The van der Waals surface area contributed by atoms with Crippen molar-refractivity contribution >= 4 is 0 Å². The molecule has 0 radical (unpaired) electrons. The molecule has 0 saturated carbocycles. The fraction of sp³-hybridized carbons (Fsp3) is 1.00. The van der Waals surface area contributed by atoms with Crippen molar-refractivity contribution in [3.8, 4) is 0 Å². The molecule has 0 aliphatic rings. The average molecular weight is 148 g/mol. The van der Waals surface area contributed by atoms with E-state index in [0.29, 0.717) is 6.42 Å². The topological polar surface area (TPSA) is 92.5 Å². The van der Waals surface area contributed by atoms with Crippen LogP contribution in [-0.2, 0) is 0 Å². The molecule has 10 heavy (non-hydrogen) atoms. The van der Waals surface area contributed by atoms with Gasteiger partial charge in [0.25, 0.3) is 0 Å². The Balaban J connectivity index is 3.46. The monoisotopic (exact) mass is 148 g/mol. The smallest absolute Gasteiger partial charge is 0.0704 e. The summed E-state index contributed by atoms with van der Waals surface area (Å²) in [6, 6.07) is -0.640. The van der Waals surface area contributed by atoms with Gasteiger partial charge in [0.1, 0.15) is 0 Å². The van der Waals surface area contributed by atoms with E-state index in [-0.39, 0.29) is 18.7 Å². The van der Waals surface area contributed by atoms with Gasteiger partial charge in [-0.15, -0.1) is 0 Å². The van der Waals surface area contributed by atoms with Crippen LogP contribution >= 0.6 is 0 Å². The highest BCUT2D eigenvalue weighted by molar-refractivity contribution is 4.72. The van der Waals surface area contributed by atoms with Crippen molar-refractivity contribution in [2.45, 2.75) is 31.5 Å². The third kappa shape index (κ3) is 3.79. The summed E-state index contributed by atoms with van der Waals surface area (Å²) in [5, 5.41) is 17.6. The summed E-state index contributed by atoms with van der Waals surface area (Å²) in [7, 11) is 0. The van der Waals surface area contributed by atoms with E-state index in [1.165, 1.54) is 0 Å². The molecule has 0 spiro atoms. The first-order valence-electron chi connectivity index (χ1n) is 3.38. The molecule has 0 aliphatic heterocycles. The van der Waals surface area contributed by atoms with Crippen LogP contribution in [0.3, 0.4) is 0 Å². The lowest BCUT2D eigenvalue weighted by Crippen LogP contribution is -2.38. The van der Waals surface area contributed by atoms with Crippen LogP contribution in [0.5, 0.6) is 0 Å². The Labute approximate surface area is 60.8 Å². The first kappa shape index (κ1) is 9.84. The molecule has 0 bridgehead atoms. The zero-order valence-electron chi connectivity index (χ0n) is 6.20. The minimum Gasteiger partial charge on any atom is -0.395 e. The maximum Gasteiger partial charge on any atom is 0.0704 e. The Bertz CT molecular complexity index is 87.8. The highest BCUT2D eigenvalue weighted by atomic mass is 16.3. The number of hydrogen-bond donors (Lipinski definition) is 4. The van der Waals surface area contributed by atoms with Crippen molar-refractivity contribution in [3.05, 3.63) is 0 Å². The molecule has 4 nitrogen and oxygen atoms in total. The molecule has 0 amide bonds. The quantitative estimate of drug-likeness (QED) is 0.386. The fourth-order valence-electron chi connectivity index (χ4n) is 0.599. The first-order chi connectivity index (χ1) is 4.57. The summed E-state index contributed by atoms with van der Waals surface area (Å²) in [6.07, 6.45) is -0.254. The maximum atomic E-state index is 9.11. The van der Waals surface area contributed by atoms with Crippen molar-refractivity contribution in [1.29, 1.82) is 0 Å². The van der Waals surface area contributed by atoms with Gasteiger partial charge in [-0.05, 0) is 13.3 Å². The summed E-state index contributed by atoms with van der Waals surface area (Å²) in [5.74, 6) is 0. The number of aliphatic hydroxyl groups is 2. The SMILES string of the molecule is CC(N)C(O)CC(N)CO. The Morgan fingerprint density at radius 3 is 2.20 bits per heavy atom. The van der Waals surface area contributed by atoms with Crippen LogP contribution in [-0.4, -0.2) is 35.0 Å². The van der Waals surface area contributed by atoms with Gasteiger partial charge >= 0.3 is 0 Å². The second-order valence-electron chi connectivity index (χ2n) is 2.60. The molecule has 0 saturated heterocycles. The van der Waals surface area contributed by atoms with Crippen LogP contribution in [0, 0.1) is 0 Å². The number of aliphatic hydroxyl groups excluding tert-OH is 2. The lowest BCUT2D eigenvalue weighted by Gasteiger charge is -2.17. The van der Waals surface area contributed by atoms with Gasteiger partial charge in [-0.1, -0.05) is 0 Å². The summed E-state index contributed by atoms with van der Waals surface area (Å²) in [5.41, 5.74) is 10.7. The minimum atomic E-state index is -0.609. The van der Waals surface area contributed by atoms with Crippen LogP contribution < -0.4 is 11.5 Å². The van der Waals surface area contributed by atoms with Crippen LogP contribution in [0.2, 0.25) is 0 Å². The van der Waals surface area contributed by atoms with Crippen LogP contribution in [0.25, 0.3) is 0 Å². The van der Waals surface area contributed by atoms with Crippen LogP contribution in [0.4, 0.5) is 0 Å². The second-order valence-corrected chi connectivity index (χ2v) is 2.60. The molecule has 3 atom stereocenters. The predicted octanol–water partition coefficient (Wildman–Crippen LogP) is -1.60. The van der Waals surface area contributed by atoms with E-state index in [4.69, 9.17) is 21.7 Å². The number of rotatable bonds is 4. The molecule has 0 heterocycles. The van der Waals surface area contributed by atoms with Crippen LogP contribution in [0.1, 0.15) is 13.3 Å². The summed E-state index contributed by atoms with van der Waals surface area (Å²) in [4.78, 5) is 0. The minimum absolute atomic E-state index is 0.107. The summed E-state index contributed by atoms with van der Waals surface area (Å²) in [6.45, 7) is 1.60. The van der Waals surface area contributed by atoms with Gasteiger partial charge < -0.3 is 21.7 Å². The molecule has 0 aromatic rings. The molecule has 0 fully saturated rings. The van der Waals surface area contributed by atoms with Gasteiger partial charge in [0, 0.05) is 12.1 Å². The Hall–Kier alpha value is -0.160. The van der Waals surface area contributed by atoms with Gasteiger partial charge in [0.15, 0.2) is 0 Å². The van der Waals surface area contributed by atoms with E-state index in [0.717, 1.165) is 0 Å². The Morgan fingerprint density at radius 2 is 1.90 bits per heavy atom. The zero-order valence-corrected chi connectivity index (χ0v) is 6.20. The first-order valence-corrected chi connectivity index (χ1v) is 3.38. The number of hydrogen-bond acceptors (Lipinski definition) is 4. The van der Waals surface area contributed by atoms with Crippen molar-refractivity contribution in [2.75, 3.05) is 6.61 Å². The van der Waals surface area contributed by atoms with E-state index in [1.807, 2.05) is 0 Å². The number of nitrogens with two attached hydrogens (primary N) is 2. The predicted molar refractivity (Wildman–Crippen MR) is 39.3 cm³/mol. The van der Waals surface area contributed by atoms with Crippen molar-refractivity contribution in [2.24, 2.45) is 11.5 Å². The third-order valence-corrected chi connectivity index (χ3v) is 1.39. The van der Waals surface area contributed by atoms with Gasteiger partial charge in [0.05, 0.1) is 12.7 Å². The lowest BCUT2D eigenvalue weighted by atomic mass is 10.1. The molecule has 0 aromatic heterocycles. The molecule has 62 valence electrons. The Morgan fingerprint density at radius 1 is 1.40 bits per heavy atom. The van der Waals surface area contributed by atoms with Crippen molar-refractivity contribution in [3.63, 3.8) is 0 Å². The summed E-state index contributed by atoms with van der Waals surface area (Å²) < 4.78 is 0. The van der Waals surface area contributed by atoms with E-state index in [2.05, 4.69) is 0 Å². The maximum absolute atomic E-state index is 9.11. The average Bonchev–Trinajstić information content (AvgIpc) is 1.87. The molecule has 3 unspecified atom stereocenters. The fourth-order valence-corrected chi connectivity index (χ4v) is 0.599. The molecule has 4 heteroatoms. The van der Waals surface area contributed by atoms with Gasteiger partial charge in [-0.25, -0.2) is 0 Å². The van der Waals surface area contributed by atoms with Crippen molar-refractivity contribution in [1.82, 2.24) is 0 Å². The van der Waals surface area contributed by atoms with E-state index < -0.39 is 6.10 Å². The third-order valence-electron chi connectivity index (χ3n) is 1.39. The molecule has 0 rings (SSSR count). The van der Waals surface area contributed by atoms with Gasteiger partial charge in [-0.2, -0.15) is 0 Å². The van der Waals surface area contributed by atoms with Crippen molar-refractivity contribution < 1.29 is 10.2 Å².